The maximum absolute atomic E-state index is 12.9. The van der Waals surface area contributed by atoms with Gasteiger partial charge in [0, 0.05) is 19.2 Å². The Labute approximate surface area is 133 Å². The number of carbonyl (C=O) groups is 1. The van der Waals surface area contributed by atoms with Crippen LogP contribution in [0.15, 0.2) is 34.9 Å². The summed E-state index contributed by atoms with van der Waals surface area (Å²) in [5, 5.41) is 3.81. The average Bonchev–Trinajstić information content (AvgIpc) is 3.01. The smallest absolute Gasteiger partial charge is 0.246 e. The van der Waals surface area contributed by atoms with Gasteiger partial charge in [0.1, 0.15) is 5.82 Å². The minimum atomic E-state index is -0.290. The van der Waals surface area contributed by atoms with Crippen molar-refractivity contribution in [3.63, 3.8) is 0 Å². The molecule has 1 aromatic carbocycles. The number of halogens is 1. The third kappa shape index (κ3) is 3.83. The predicted octanol–water partition coefficient (Wildman–Crippen LogP) is 2.94. The Hall–Kier alpha value is -2.50. The normalized spacial score (nSPS) is 18.5. The molecular formula is C17H18FN3O2. The molecule has 2 aromatic rings. The van der Waals surface area contributed by atoms with Gasteiger partial charge in [0.05, 0.1) is 5.92 Å². The summed E-state index contributed by atoms with van der Waals surface area (Å²) in [4.78, 5) is 18.4. The molecule has 0 radical (unpaired) electrons. The molecule has 0 saturated carbocycles. The lowest BCUT2D eigenvalue weighted by Crippen LogP contribution is -2.38. The van der Waals surface area contributed by atoms with Crippen LogP contribution in [0.3, 0.4) is 0 Å². The first-order valence-corrected chi connectivity index (χ1v) is 7.64. The second-order valence-corrected chi connectivity index (χ2v) is 5.69. The minimum Gasteiger partial charge on any atom is -0.339 e. The van der Waals surface area contributed by atoms with Gasteiger partial charge in [0.2, 0.25) is 11.8 Å². The molecule has 0 spiro atoms. The van der Waals surface area contributed by atoms with Gasteiger partial charge >= 0.3 is 0 Å². The molecule has 5 nitrogen and oxygen atoms in total. The Morgan fingerprint density at radius 3 is 2.87 bits per heavy atom. The molecule has 1 saturated heterocycles. The average molecular weight is 315 g/mol. The van der Waals surface area contributed by atoms with E-state index in [9.17, 15) is 9.18 Å². The van der Waals surface area contributed by atoms with Crippen molar-refractivity contribution >= 4 is 12.0 Å². The van der Waals surface area contributed by atoms with E-state index in [0.29, 0.717) is 18.3 Å². The molecule has 1 unspecified atom stereocenters. The second-order valence-electron chi connectivity index (χ2n) is 5.69. The van der Waals surface area contributed by atoms with Crippen LogP contribution in [0, 0.1) is 12.7 Å². The monoisotopic (exact) mass is 315 g/mol. The minimum absolute atomic E-state index is 0.0599. The molecule has 1 amide bonds. The zero-order valence-electron chi connectivity index (χ0n) is 12.9. The van der Waals surface area contributed by atoms with Crippen molar-refractivity contribution in [2.75, 3.05) is 13.1 Å². The molecule has 0 aliphatic carbocycles. The van der Waals surface area contributed by atoms with Crippen molar-refractivity contribution < 1.29 is 13.7 Å². The van der Waals surface area contributed by atoms with E-state index in [0.717, 1.165) is 24.9 Å². The number of piperidine rings is 1. The first-order valence-electron chi connectivity index (χ1n) is 7.64. The van der Waals surface area contributed by atoms with E-state index in [2.05, 4.69) is 10.1 Å². The highest BCUT2D eigenvalue weighted by Crippen LogP contribution is 2.25. The van der Waals surface area contributed by atoms with Gasteiger partial charge in [-0.2, -0.15) is 4.98 Å². The van der Waals surface area contributed by atoms with Gasteiger partial charge in [-0.05, 0) is 43.5 Å². The molecule has 0 N–H and O–H groups in total. The highest BCUT2D eigenvalue weighted by Gasteiger charge is 2.27. The number of rotatable bonds is 3. The first-order chi connectivity index (χ1) is 11.1. The Kier molecular flexibility index (Phi) is 4.50. The molecule has 1 aliphatic rings. The molecule has 120 valence electrons. The molecule has 2 heterocycles. The Morgan fingerprint density at radius 2 is 2.17 bits per heavy atom. The van der Waals surface area contributed by atoms with E-state index in [1.807, 2.05) is 0 Å². The molecule has 0 bridgehead atoms. The largest absolute Gasteiger partial charge is 0.339 e. The summed E-state index contributed by atoms with van der Waals surface area (Å²) in [6.07, 6.45) is 5.06. The van der Waals surface area contributed by atoms with Crippen molar-refractivity contribution in [3.05, 3.63) is 53.4 Å². The third-order valence-corrected chi connectivity index (χ3v) is 3.91. The van der Waals surface area contributed by atoms with Crippen molar-refractivity contribution in [1.82, 2.24) is 15.0 Å². The van der Waals surface area contributed by atoms with Crippen molar-refractivity contribution in [3.8, 4) is 0 Å². The van der Waals surface area contributed by atoms with Gasteiger partial charge in [0.25, 0.3) is 0 Å². The van der Waals surface area contributed by atoms with Crippen LogP contribution in [0.1, 0.15) is 36.0 Å². The fraction of sp³-hybridized carbons (Fsp3) is 0.353. The number of benzene rings is 1. The SMILES string of the molecule is Cc1noc(C2CCCN(C(=O)C=Cc3ccc(F)cc3)C2)n1. The Bertz CT molecular complexity index is 709. The van der Waals surface area contributed by atoms with Crippen molar-refractivity contribution in [2.45, 2.75) is 25.7 Å². The van der Waals surface area contributed by atoms with Crippen LogP contribution in [-0.2, 0) is 4.79 Å². The maximum Gasteiger partial charge on any atom is 0.246 e. The van der Waals surface area contributed by atoms with Crippen molar-refractivity contribution in [2.24, 2.45) is 0 Å². The summed E-state index contributed by atoms with van der Waals surface area (Å²) in [6, 6.07) is 6.02. The number of hydrogen-bond donors (Lipinski definition) is 0. The molecule has 1 fully saturated rings. The van der Waals surface area contributed by atoms with E-state index >= 15 is 0 Å². The quantitative estimate of drug-likeness (QED) is 0.817. The van der Waals surface area contributed by atoms with E-state index < -0.39 is 0 Å². The molecule has 3 rings (SSSR count). The lowest BCUT2D eigenvalue weighted by atomic mass is 9.98. The molecule has 1 aromatic heterocycles. The molecule has 6 heteroatoms. The summed E-state index contributed by atoms with van der Waals surface area (Å²) in [5.74, 6) is 0.952. The van der Waals surface area contributed by atoms with Crippen LogP contribution in [0.25, 0.3) is 6.08 Å². The number of hydrogen-bond acceptors (Lipinski definition) is 4. The highest BCUT2D eigenvalue weighted by molar-refractivity contribution is 5.91. The summed E-state index contributed by atoms with van der Waals surface area (Å²) in [6.45, 7) is 3.08. The van der Waals surface area contributed by atoms with E-state index in [-0.39, 0.29) is 17.6 Å². The Morgan fingerprint density at radius 1 is 1.39 bits per heavy atom. The number of aryl methyl sites for hydroxylation is 1. The standard InChI is InChI=1S/C17H18FN3O2/c1-12-19-17(23-20-12)14-3-2-10-21(11-14)16(22)9-6-13-4-7-15(18)8-5-13/h4-9,14H,2-3,10-11H2,1H3. The zero-order valence-corrected chi connectivity index (χ0v) is 12.9. The Balaban J connectivity index is 1.63. The third-order valence-electron chi connectivity index (χ3n) is 3.91. The first kappa shape index (κ1) is 15.4. The number of carbonyl (C=O) groups excluding carboxylic acids is 1. The number of aromatic nitrogens is 2. The van der Waals surface area contributed by atoms with Crippen LogP contribution in [0.4, 0.5) is 4.39 Å². The number of amides is 1. The molecule has 23 heavy (non-hydrogen) atoms. The van der Waals surface area contributed by atoms with Gasteiger partial charge in [-0.1, -0.05) is 17.3 Å². The fourth-order valence-electron chi connectivity index (χ4n) is 2.70. The summed E-state index contributed by atoms with van der Waals surface area (Å²) >= 11 is 0. The van der Waals surface area contributed by atoms with Crippen molar-refractivity contribution in [1.29, 1.82) is 0 Å². The molecule has 1 aliphatic heterocycles. The van der Waals surface area contributed by atoms with Gasteiger partial charge in [-0.15, -0.1) is 0 Å². The van der Waals surface area contributed by atoms with Gasteiger partial charge < -0.3 is 9.42 Å². The zero-order chi connectivity index (χ0) is 16.2. The molecular weight excluding hydrogens is 297 g/mol. The van der Waals surface area contributed by atoms with Crippen LogP contribution in [0.2, 0.25) is 0 Å². The van der Waals surface area contributed by atoms with Crippen LogP contribution < -0.4 is 0 Å². The highest BCUT2D eigenvalue weighted by atomic mass is 19.1. The fourth-order valence-corrected chi connectivity index (χ4v) is 2.70. The van der Waals surface area contributed by atoms with Crippen LogP contribution in [0.5, 0.6) is 0 Å². The second kappa shape index (κ2) is 6.73. The van der Waals surface area contributed by atoms with Gasteiger partial charge in [-0.25, -0.2) is 4.39 Å². The van der Waals surface area contributed by atoms with Gasteiger partial charge in [0.15, 0.2) is 5.82 Å². The lowest BCUT2D eigenvalue weighted by Gasteiger charge is -2.30. The van der Waals surface area contributed by atoms with E-state index in [4.69, 9.17) is 4.52 Å². The van der Waals surface area contributed by atoms with E-state index in [1.54, 1.807) is 30.0 Å². The summed E-state index contributed by atoms with van der Waals surface area (Å²) < 4.78 is 18.1. The molecule has 1 atom stereocenters. The van der Waals surface area contributed by atoms with Crippen LogP contribution >= 0.6 is 0 Å². The van der Waals surface area contributed by atoms with Crippen LogP contribution in [-0.4, -0.2) is 34.0 Å². The summed E-state index contributed by atoms with van der Waals surface area (Å²) in [5.41, 5.74) is 0.792. The topological polar surface area (TPSA) is 59.2 Å². The van der Waals surface area contributed by atoms with Gasteiger partial charge in [-0.3, -0.25) is 4.79 Å². The van der Waals surface area contributed by atoms with E-state index in [1.165, 1.54) is 18.2 Å². The number of likely N-dealkylation sites (tertiary alicyclic amines) is 1. The lowest BCUT2D eigenvalue weighted by molar-refractivity contribution is -0.127. The predicted molar refractivity (Wildman–Crippen MR) is 83.0 cm³/mol. The summed E-state index contributed by atoms with van der Waals surface area (Å²) in [7, 11) is 0. The maximum atomic E-state index is 12.9. The number of nitrogens with zero attached hydrogens (tertiary/aromatic N) is 3.